The third kappa shape index (κ3) is 4.93. The summed E-state index contributed by atoms with van der Waals surface area (Å²) in [7, 11) is 0. The van der Waals surface area contributed by atoms with Crippen LogP contribution in [0.3, 0.4) is 0 Å². The highest BCUT2D eigenvalue weighted by atomic mass is 35.5. The average Bonchev–Trinajstić information content (AvgIpc) is 2.57. The van der Waals surface area contributed by atoms with Crippen molar-refractivity contribution >= 4 is 17.5 Å². The summed E-state index contributed by atoms with van der Waals surface area (Å²) in [6, 6.07) is 8.08. The van der Waals surface area contributed by atoms with Crippen LogP contribution in [0.1, 0.15) is 24.8 Å². The minimum absolute atomic E-state index is 0.313. The number of amides is 1. The van der Waals surface area contributed by atoms with E-state index in [0.717, 1.165) is 50.8 Å². The molecule has 0 bridgehead atoms. The Kier molecular flexibility index (Phi) is 5.92. The van der Waals surface area contributed by atoms with E-state index in [-0.39, 0.29) is 0 Å². The van der Waals surface area contributed by atoms with Crippen LogP contribution in [0.5, 0.6) is 0 Å². The number of halogens is 1. The lowest BCUT2D eigenvalue weighted by Crippen LogP contribution is -2.50. The van der Waals surface area contributed by atoms with Crippen molar-refractivity contribution in [3.8, 4) is 0 Å². The normalized spacial score (nSPS) is 20.7. The Morgan fingerprint density at radius 2 is 1.65 bits per heavy atom. The number of piperidine rings is 1. The number of likely N-dealkylation sites (tertiary alicyclic amines) is 1. The molecule has 2 aliphatic heterocycles. The van der Waals surface area contributed by atoms with Crippen LogP contribution in [0.2, 0.25) is 5.02 Å². The zero-order valence-electron chi connectivity index (χ0n) is 13.7. The largest absolute Gasteiger partial charge is 0.342 e. The van der Waals surface area contributed by atoms with E-state index < -0.39 is 0 Å². The Labute approximate surface area is 144 Å². The monoisotopic (exact) mass is 335 g/mol. The van der Waals surface area contributed by atoms with Crippen LogP contribution in [0.15, 0.2) is 24.3 Å². The van der Waals surface area contributed by atoms with Crippen molar-refractivity contribution in [3.63, 3.8) is 0 Å². The summed E-state index contributed by atoms with van der Waals surface area (Å²) in [4.78, 5) is 19.1. The highest BCUT2D eigenvalue weighted by Crippen LogP contribution is 2.14. The van der Waals surface area contributed by atoms with Gasteiger partial charge in [0.05, 0.1) is 6.54 Å². The van der Waals surface area contributed by atoms with Gasteiger partial charge in [-0.1, -0.05) is 23.7 Å². The minimum atomic E-state index is 0.313. The van der Waals surface area contributed by atoms with Gasteiger partial charge in [-0.25, -0.2) is 0 Å². The zero-order chi connectivity index (χ0) is 16.1. The Hall–Kier alpha value is -1.10. The zero-order valence-corrected chi connectivity index (χ0v) is 14.5. The van der Waals surface area contributed by atoms with Gasteiger partial charge in [-0.3, -0.25) is 14.6 Å². The molecule has 2 aliphatic rings. The molecule has 0 spiro atoms. The molecule has 23 heavy (non-hydrogen) atoms. The molecule has 0 aromatic heterocycles. The van der Waals surface area contributed by atoms with Crippen LogP contribution < -0.4 is 0 Å². The predicted molar refractivity (Wildman–Crippen MR) is 93.6 cm³/mol. The van der Waals surface area contributed by atoms with Crippen LogP contribution in [0.25, 0.3) is 0 Å². The van der Waals surface area contributed by atoms with Crippen molar-refractivity contribution < 1.29 is 4.79 Å². The van der Waals surface area contributed by atoms with Crippen molar-refractivity contribution in [3.05, 3.63) is 34.9 Å². The molecule has 2 saturated heterocycles. The van der Waals surface area contributed by atoms with Crippen molar-refractivity contribution in [1.29, 1.82) is 0 Å². The van der Waals surface area contributed by atoms with Crippen molar-refractivity contribution in [2.24, 2.45) is 0 Å². The van der Waals surface area contributed by atoms with E-state index in [1.165, 1.54) is 24.8 Å². The smallest absolute Gasteiger partial charge is 0.236 e. The van der Waals surface area contributed by atoms with Gasteiger partial charge in [0.25, 0.3) is 0 Å². The average molecular weight is 336 g/mol. The molecule has 0 unspecified atom stereocenters. The first kappa shape index (κ1) is 16.7. The molecule has 126 valence electrons. The van der Waals surface area contributed by atoms with Crippen LogP contribution in [-0.4, -0.2) is 66.4 Å². The Balaban J connectivity index is 1.42. The van der Waals surface area contributed by atoms with E-state index in [1.54, 1.807) is 0 Å². The molecule has 1 amide bonds. The summed E-state index contributed by atoms with van der Waals surface area (Å²) in [6.07, 6.45) is 3.60. The fraction of sp³-hybridized carbons (Fsp3) is 0.611. The fourth-order valence-electron chi connectivity index (χ4n) is 3.43. The highest BCUT2D eigenvalue weighted by Gasteiger charge is 2.22. The maximum absolute atomic E-state index is 12.3. The molecular weight excluding hydrogens is 310 g/mol. The van der Waals surface area contributed by atoms with E-state index in [0.29, 0.717) is 12.5 Å². The standard InChI is InChI=1S/C18H26ClN3O/c19-17-6-4-5-16(13-17)14-20-9-11-21(12-10-20)15-18(23)22-7-2-1-3-8-22/h4-6,13H,1-3,7-12,14-15H2. The molecule has 0 aliphatic carbocycles. The molecule has 2 heterocycles. The summed E-state index contributed by atoms with van der Waals surface area (Å²) in [5.74, 6) is 0.313. The first-order valence-electron chi connectivity index (χ1n) is 8.68. The molecule has 4 nitrogen and oxygen atoms in total. The molecule has 0 radical (unpaired) electrons. The van der Waals surface area contributed by atoms with Gasteiger partial charge < -0.3 is 4.90 Å². The van der Waals surface area contributed by atoms with Crippen LogP contribution in [0, 0.1) is 0 Å². The lowest BCUT2D eigenvalue weighted by Gasteiger charge is -2.36. The maximum atomic E-state index is 12.3. The lowest BCUT2D eigenvalue weighted by atomic mass is 10.1. The first-order valence-corrected chi connectivity index (χ1v) is 9.05. The van der Waals surface area contributed by atoms with E-state index >= 15 is 0 Å². The number of carbonyl (C=O) groups is 1. The van der Waals surface area contributed by atoms with E-state index in [1.807, 2.05) is 23.1 Å². The van der Waals surface area contributed by atoms with Gasteiger partial charge in [0.15, 0.2) is 0 Å². The molecule has 1 aromatic rings. The van der Waals surface area contributed by atoms with Crippen LogP contribution in [-0.2, 0) is 11.3 Å². The Morgan fingerprint density at radius 3 is 2.35 bits per heavy atom. The van der Waals surface area contributed by atoms with Crippen molar-refractivity contribution in [2.45, 2.75) is 25.8 Å². The minimum Gasteiger partial charge on any atom is -0.342 e. The van der Waals surface area contributed by atoms with E-state index in [2.05, 4.69) is 15.9 Å². The second-order valence-electron chi connectivity index (χ2n) is 6.62. The first-order chi connectivity index (χ1) is 11.2. The number of benzene rings is 1. The second kappa shape index (κ2) is 8.13. The topological polar surface area (TPSA) is 26.8 Å². The molecule has 0 saturated carbocycles. The molecule has 1 aromatic carbocycles. The number of hydrogen-bond donors (Lipinski definition) is 0. The van der Waals surface area contributed by atoms with Gasteiger partial charge >= 0.3 is 0 Å². The van der Waals surface area contributed by atoms with Gasteiger partial charge in [0, 0.05) is 50.8 Å². The SMILES string of the molecule is O=C(CN1CCN(Cc2cccc(Cl)c2)CC1)N1CCCCC1. The molecular formula is C18H26ClN3O. The van der Waals surface area contributed by atoms with E-state index in [4.69, 9.17) is 11.6 Å². The predicted octanol–water partition coefficient (Wildman–Crippen LogP) is 2.47. The fourth-order valence-corrected chi connectivity index (χ4v) is 3.65. The van der Waals surface area contributed by atoms with Gasteiger partial charge in [0.2, 0.25) is 5.91 Å². The summed E-state index contributed by atoms with van der Waals surface area (Å²) in [5, 5.41) is 0.799. The van der Waals surface area contributed by atoms with Crippen LogP contribution in [0.4, 0.5) is 0 Å². The third-order valence-electron chi connectivity index (χ3n) is 4.83. The maximum Gasteiger partial charge on any atom is 0.236 e. The Morgan fingerprint density at radius 1 is 0.957 bits per heavy atom. The summed E-state index contributed by atoms with van der Waals surface area (Å²) < 4.78 is 0. The van der Waals surface area contributed by atoms with Gasteiger partial charge in [-0.2, -0.15) is 0 Å². The van der Waals surface area contributed by atoms with Crippen LogP contribution >= 0.6 is 11.6 Å². The summed E-state index contributed by atoms with van der Waals surface area (Å²) >= 11 is 6.05. The Bertz CT molecular complexity index is 523. The molecule has 5 heteroatoms. The van der Waals surface area contributed by atoms with Crippen molar-refractivity contribution in [1.82, 2.24) is 14.7 Å². The third-order valence-corrected chi connectivity index (χ3v) is 5.06. The number of carbonyl (C=O) groups excluding carboxylic acids is 1. The molecule has 0 N–H and O–H groups in total. The number of hydrogen-bond acceptors (Lipinski definition) is 3. The molecule has 0 atom stereocenters. The van der Waals surface area contributed by atoms with E-state index in [9.17, 15) is 4.79 Å². The van der Waals surface area contributed by atoms with Crippen molar-refractivity contribution in [2.75, 3.05) is 45.8 Å². The number of nitrogens with zero attached hydrogens (tertiary/aromatic N) is 3. The quantitative estimate of drug-likeness (QED) is 0.845. The summed E-state index contributed by atoms with van der Waals surface area (Å²) in [5.41, 5.74) is 1.26. The van der Waals surface area contributed by atoms with Gasteiger partial charge in [-0.05, 0) is 37.0 Å². The number of piperazine rings is 1. The molecule has 3 rings (SSSR count). The van der Waals surface area contributed by atoms with Gasteiger partial charge in [0.1, 0.15) is 0 Å². The lowest BCUT2D eigenvalue weighted by molar-refractivity contribution is -0.133. The molecule has 2 fully saturated rings. The highest BCUT2D eigenvalue weighted by molar-refractivity contribution is 6.30. The summed E-state index contributed by atoms with van der Waals surface area (Å²) in [6.45, 7) is 7.40. The second-order valence-corrected chi connectivity index (χ2v) is 7.06. The van der Waals surface area contributed by atoms with Gasteiger partial charge in [-0.15, -0.1) is 0 Å². The number of rotatable bonds is 4.